The number of amides is 2. The molecule has 1 fully saturated rings. The minimum absolute atomic E-state index is 0.0536. The van der Waals surface area contributed by atoms with Crippen molar-refractivity contribution in [1.82, 2.24) is 5.32 Å². The molecule has 1 unspecified atom stereocenters. The van der Waals surface area contributed by atoms with E-state index >= 15 is 0 Å². The van der Waals surface area contributed by atoms with E-state index in [1.165, 1.54) is 0 Å². The van der Waals surface area contributed by atoms with Crippen molar-refractivity contribution in [3.8, 4) is 0 Å². The van der Waals surface area contributed by atoms with E-state index in [1.54, 1.807) is 0 Å². The van der Waals surface area contributed by atoms with Gasteiger partial charge in [0.1, 0.15) is 0 Å². The minimum Gasteiger partial charge on any atom is -0.356 e. The molecule has 0 spiro atoms. The van der Waals surface area contributed by atoms with Crippen molar-refractivity contribution in [2.24, 2.45) is 5.92 Å². The van der Waals surface area contributed by atoms with Crippen LogP contribution in [0.5, 0.6) is 0 Å². The number of fused-ring (bicyclic) bond motifs is 1. The van der Waals surface area contributed by atoms with Gasteiger partial charge in [0, 0.05) is 34.4 Å². The molecule has 4 nitrogen and oxygen atoms in total. The van der Waals surface area contributed by atoms with E-state index < -0.39 is 0 Å². The highest BCUT2D eigenvalue weighted by molar-refractivity contribution is 9.10. The average molecular weight is 347 g/mol. The molecule has 5 heteroatoms. The first-order valence-corrected chi connectivity index (χ1v) is 7.69. The maximum Gasteiger partial charge on any atom is 0.228 e. The van der Waals surface area contributed by atoms with Gasteiger partial charge in [0.2, 0.25) is 11.8 Å². The Morgan fingerprint density at radius 1 is 1.19 bits per heavy atom. The molecule has 3 rings (SSSR count). The van der Waals surface area contributed by atoms with E-state index in [2.05, 4.69) is 26.6 Å². The number of hydrogen-bond donors (Lipinski definition) is 2. The van der Waals surface area contributed by atoms with Crippen LogP contribution in [0.1, 0.15) is 12.8 Å². The molecule has 0 saturated carbocycles. The van der Waals surface area contributed by atoms with Gasteiger partial charge in [0.15, 0.2) is 0 Å². The molecule has 2 amide bonds. The van der Waals surface area contributed by atoms with E-state index in [9.17, 15) is 9.59 Å². The van der Waals surface area contributed by atoms with E-state index in [0.717, 1.165) is 20.9 Å². The Kier molecular flexibility index (Phi) is 3.92. The van der Waals surface area contributed by atoms with E-state index in [4.69, 9.17) is 0 Å². The predicted octanol–water partition coefficient (Wildman–Crippen LogP) is 3.07. The molecular formula is C16H15BrN2O2. The summed E-state index contributed by atoms with van der Waals surface area (Å²) in [7, 11) is 0. The Labute approximate surface area is 131 Å². The Morgan fingerprint density at radius 2 is 1.95 bits per heavy atom. The molecule has 0 aromatic heterocycles. The molecule has 1 saturated heterocycles. The number of rotatable bonds is 2. The van der Waals surface area contributed by atoms with Gasteiger partial charge < -0.3 is 10.6 Å². The molecule has 0 aliphatic carbocycles. The third kappa shape index (κ3) is 2.93. The summed E-state index contributed by atoms with van der Waals surface area (Å²) in [6.45, 7) is 0.567. The van der Waals surface area contributed by atoms with Crippen LogP contribution in [0.3, 0.4) is 0 Å². The first-order valence-electron chi connectivity index (χ1n) is 6.90. The lowest BCUT2D eigenvalue weighted by Gasteiger charge is -2.21. The van der Waals surface area contributed by atoms with Crippen molar-refractivity contribution in [3.63, 3.8) is 0 Å². The fraction of sp³-hybridized carbons (Fsp3) is 0.250. The van der Waals surface area contributed by atoms with Gasteiger partial charge in [-0.3, -0.25) is 9.59 Å². The maximum atomic E-state index is 12.3. The Hall–Kier alpha value is -1.88. The van der Waals surface area contributed by atoms with E-state index in [1.807, 2.05) is 36.4 Å². The van der Waals surface area contributed by atoms with Crippen molar-refractivity contribution >= 4 is 44.2 Å². The first-order chi connectivity index (χ1) is 10.1. The smallest absolute Gasteiger partial charge is 0.228 e. The molecule has 1 atom stereocenters. The Bertz CT molecular complexity index is 714. The highest BCUT2D eigenvalue weighted by atomic mass is 79.9. The molecule has 2 aromatic rings. The predicted molar refractivity (Wildman–Crippen MR) is 86.0 cm³/mol. The summed E-state index contributed by atoms with van der Waals surface area (Å²) in [6.07, 6.45) is 0.951. The van der Waals surface area contributed by atoms with Gasteiger partial charge in [-0.2, -0.15) is 0 Å². The molecule has 1 aliphatic heterocycles. The van der Waals surface area contributed by atoms with Gasteiger partial charge in [-0.25, -0.2) is 0 Å². The molecule has 2 aromatic carbocycles. The maximum absolute atomic E-state index is 12.3. The van der Waals surface area contributed by atoms with Crippen LogP contribution in [0.15, 0.2) is 40.9 Å². The summed E-state index contributed by atoms with van der Waals surface area (Å²) < 4.78 is 0.994. The molecule has 108 valence electrons. The van der Waals surface area contributed by atoms with Crippen LogP contribution in [0.25, 0.3) is 10.8 Å². The highest BCUT2D eigenvalue weighted by Crippen LogP contribution is 2.30. The summed E-state index contributed by atoms with van der Waals surface area (Å²) in [5, 5.41) is 7.74. The quantitative estimate of drug-likeness (QED) is 0.877. The number of carbonyl (C=O) groups excluding carboxylic acids is 2. The van der Waals surface area contributed by atoms with Crippen LogP contribution < -0.4 is 10.6 Å². The number of piperidine rings is 1. The molecule has 1 aliphatic rings. The van der Waals surface area contributed by atoms with Gasteiger partial charge in [-0.1, -0.05) is 40.2 Å². The van der Waals surface area contributed by atoms with Crippen LogP contribution >= 0.6 is 15.9 Å². The summed E-state index contributed by atoms with van der Waals surface area (Å²) in [4.78, 5) is 23.7. The number of anilines is 1. The Morgan fingerprint density at radius 3 is 2.71 bits per heavy atom. The van der Waals surface area contributed by atoms with Crippen LogP contribution in [-0.2, 0) is 9.59 Å². The lowest BCUT2D eigenvalue weighted by molar-refractivity contribution is -0.129. The van der Waals surface area contributed by atoms with Crippen molar-refractivity contribution in [2.75, 3.05) is 11.9 Å². The molecule has 2 N–H and O–H groups in total. The van der Waals surface area contributed by atoms with E-state index in [-0.39, 0.29) is 24.2 Å². The summed E-state index contributed by atoms with van der Waals surface area (Å²) in [5.74, 6) is -0.388. The van der Waals surface area contributed by atoms with Crippen LogP contribution in [0.2, 0.25) is 0 Å². The fourth-order valence-corrected chi connectivity index (χ4v) is 3.09. The number of hydrogen-bond acceptors (Lipinski definition) is 2. The van der Waals surface area contributed by atoms with Crippen molar-refractivity contribution in [2.45, 2.75) is 12.8 Å². The van der Waals surface area contributed by atoms with Crippen molar-refractivity contribution in [3.05, 3.63) is 40.9 Å². The largest absolute Gasteiger partial charge is 0.356 e. The summed E-state index contributed by atoms with van der Waals surface area (Å²) >= 11 is 3.52. The summed E-state index contributed by atoms with van der Waals surface area (Å²) in [6, 6.07) is 11.7. The highest BCUT2D eigenvalue weighted by Gasteiger charge is 2.25. The van der Waals surface area contributed by atoms with Gasteiger partial charge in [-0.15, -0.1) is 0 Å². The zero-order valence-corrected chi connectivity index (χ0v) is 12.9. The molecule has 0 bridgehead atoms. The van der Waals surface area contributed by atoms with Gasteiger partial charge in [0.25, 0.3) is 0 Å². The van der Waals surface area contributed by atoms with Gasteiger partial charge in [-0.05, 0) is 23.9 Å². The SMILES string of the molecule is O=C1CC(C(=O)Nc2ccc(Br)c3ccccc23)CCN1. The number of nitrogens with one attached hydrogen (secondary N) is 2. The van der Waals surface area contributed by atoms with Crippen molar-refractivity contribution in [1.29, 1.82) is 0 Å². The average Bonchev–Trinajstić information content (AvgIpc) is 2.50. The zero-order chi connectivity index (χ0) is 14.8. The van der Waals surface area contributed by atoms with Gasteiger partial charge in [0.05, 0.1) is 0 Å². The number of carbonyl (C=O) groups is 2. The standard InChI is InChI=1S/C16H15BrN2O2/c17-13-5-6-14(12-4-2-1-3-11(12)13)19-16(21)10-7-8-18-15(20)9-10/h1-6,10H,7-9H2,(H,18,20)(H,19,21). The zero-order valence-electron chi connectivity index (χ0n) is 11.4. The normalized spacial score (nSPS) is 18.3. The molecule has 1 heterocycles. The lowest BCUT2D eigenvalue weighted by Crippen LogP contribution is -2.38. The number of halogens is 1. The van der Waals surface area contributed by atoms with Gasteiger partial charge >= 0.3 is 0 Å². The van der Waals surface area contributed by atoms with Crippen molar-refractivity contribution < 1.29 is 9.59 Å². The van der Waals surface area contributed by atoms with Crippen LogP contribution in [0, 0.1) is 5.92 Å². The molecule has 0 radical (unpaired) electrons. The third-order valence-electron chi connectivity index (χ3n) is 3.75. The van der Waals surface area contributed by atoms with Crippen LogP contribution in [0.4, 0.5) is 5.69 Å². The monoisotopic (exact) mass is 346 g/mol. The second-order valence-corrected chi connectivity index (χ2v) is 6.02. The lowest BCUT2D eigenvalue weighted by atomic mass is 9.96. The third-order valence-corrected chi connectivity index (χ3v) is 4.44. The molecule has 21 heavy (non-hydrogen) atoms. The van der Waals surface area contributed by atoms with Crippen LogP contribution in [-0.4, -0.2) is 18.4 Å². The first kappa shape index (κ1) is 14.1. The second kappa shape index (κ2) is 5.85. The Balaban J connectivity index is 1.86. The number of benzene rings is 2. The minimum atomic E-state index is -0.249. The second-order valence-electron chi connectivity index (χ2n) is 5.17. The fourth-order valence-electron chi connectivity index (χ4n) is 2.61. The van der Waals surface area contributed by atoms with E-state index in [0.29, 0.717) is 13.0 Å². The topological polar surface area (TPSA) is 58.2 Å². The summed E-state index contributed by atoms with van der Waals surface area (Å²) in [5.41, 5.74) is 0.782. The molecular weight excluding hydrogens is 332 g/mol.